The maximum Gasteiger partial charge on any atom is 0.123 e. The molecule has 0 fully saturated rings. The summed E-state index contributed by atoms with van der Waals surface area (Å²) < 4.78 is 5.84. The Bertz CT molecular complexity index is 781. The smallest absolute Gasteiger partial charge is 0.123 e. The van der Waals surface area contributed by atoms with E-state index in [2.05, 4.69) is 43.4 Å². The Morgan fingerprint density at radius 3 is 2.46 bits per heavy atom. The minimum Gasteiger partial charge on any atom is -0.489 e. The lowest BCUT2D eigenvalue weighted by Crippen LogP contribution is -2.11. The monoisotopic (exact) mass is 338 g/mol. The molecule has 2 aromatic carbocycles. The molecule has 1 atom stereocenters. The molecule has 0 saturated heterocycles. The molecule has 0 bridgehead atoms. The molecule has 0 aliphatic heterocycles. The van der Waals surface area contributed by atoms with Gasteiger partial charge in [-0.2, -0.15) is 0 Å². The number of ether oxygens (including phenoxy) is 1. The highest BCUT2D eigenvalue weighted by Crippen LogP contribution is 2.32. The van der Waals surface area contributed by atoms with Gasteiger partial charge in [0.1, 0.15) is 17.4 Å². The molecule has 0 saturated carbocycles. The van der Waals surface area contributed by atoms with Crippen LogP contribution in [0, 0.1) is 6.92 Å². The van der Waals surface area contributed by atoms with Crippen molar-refractivity contribution < 1.29 is 4.74 Å². The topological polar surface area (TPSA) is 34.1 Å². The lowest BCUT2D eigenvalue weighted by Gasteiger charge is -2.07. The number of hydrogen-bond acceptors (Lipinski definition) is 4. The van der Waals surface area contributed by atoms with E-state index in [9.17, 15) is 0 Å². The van der Waals surface area contributed by atoms with Crippen LogP contribution in [-0.4, -0.2) is 12.0 Å². The third-order valence-electron chi connectivity index (χ3n) is 4.01. The second-order valence-corrected chi connectivity index (χ2v) is 6.81. The van der Waals surface area contributed by atoms with E-state index in [1.165, 1.54) is 10.4 Å². The van der Waals surface area contributed by atoms with Gasteiger partial charge in [0.25, 0.3) is 0 Å². The van der Waals surface area contributed by atoms with Gasteiger partial charge in [-0.1, -0.05) is 30.3 Å². The summed E-state index contributed by atoms with van der Waals surface area (Å²) in [5, 5.41) is 4.33. The number of aromatic nitrogens is 1. The van der Waals surface area contributed by atoms with Crippen molar-refractivity contribution in [3.05, 3.63) is 70.7 Å². The molecule has 4 heteroatoms. The standard InChI is InChI=1S/C20H22N2OS/c1-14(21-3)19-15(2)22-20(24-19)17-9-11-18(12-10-17)23-13-16-7-5-4-6-8-16/h4-12,14,21H,13H2,1-3H3. The quantitative estimate of drug-likeness (QED) is 0.688. The van der Waals surface area contributed by atoms with E-state index in [0.717, 1.165) is 22.0 Å². The first kappa shape index (κ1) is 16.7. The average Bonchev–Trinajstić information content (AvgIpc) is 3.02. The highest BCUT2D eigenvalue weighted by molar-refractivity contribution is 7.15. The van der Waals surface area contributed by atoms with Crippen LogP contribution in [0.5, 0.6) is 5.75 Å². The molecule has 3 nitrogen and oxygen atoms in total. The lowest BCUT2D eigenvalue weighted by molar-refractivity contribution is 0.306. The van der Waals surface area contributed by atoms with Gasteiger partial charge in [0.2, 0.25) is 0 Å². The van der Waals surface area contributed by atoms with Crippen molar-refractivity contribution in [3.8, 4) is 16.3 Å². The van der Waals surface area contributed by atoms with Crippen molar-refractivity contribution >= 4 is 11.3 Å². The van der Waals surface area contributed by atoms with E-state index >= 15 is 0 Å². The van der Waals surface area contributed by atoms with Crippen LogP contribution in [0.15, 0.2) is 54.6 Å². The molecule has 1 N–H and O–H groups in total. The summed E-state index contributed by atoms with van der Waals surface area (Å²) in [5.74, 6) is 0.875. The first-order valence-electron chi connectivity index (χ1n) is 8.09. The number of rotatable bonds is 6. The van der Waals surface area contributed by atoms with Crippen LogP contribution in [0.25, 0.3) is 10.6 Å². The molecule has 3 aromatic rings. The Labute approximate surface area is 147 Å². The summed E-state index contributed by atoms with van der Waals surface area (Å²) in [6.45, 7) is 4.81. The number of hydrogen-bond donors (Lipinski definition) is 1. The van der Waals surface area contributed by atoms with Crippen LogP contribution in [-0.2, 0) is 6.61 Å². The van der Waals surface area contributed by atoms with Gasteiger partial charge in [0.05, 0.1) is 5.69 Å². The van der Waals surface area contributed by atoms with Crippen molar-refractivity contribution in [1.82, 2.24) is 10.3 Å². The van der Waals surface area contributed by atoms with Crippen molar-refractivity contribution in [1.29, 1.82) is 0 Å². The van der Waals surface area contributed by atoms with Gasteiger partial charge in [-0.3, -0.25) is 0 Å². The predicted octanol–water partition coefficient (Wildman–Crippen LogP) is 4.98. The van der Waals surface area contributed by atoms with Crippen LogP contribution < -0.4 is 10.1 Å². The van der Waals surface area contributed by atoms with E-state index in [1.807, 2.05) is 37.4 Å². The molecule has 3 rings (SSSR count). The van der Waals surface area contributed by atoms with Crippen LogP contribution in [0.1, 0.15) is 29.1 Å². The molecule has 1 heterocycles. The van der Waals surface area contributed by atoms with E-state index in [4.69, 9.17) is 9.72 Å². The summed E-state index contributed by atoms with van der Waals surface area (Å²) in [4.78, 5) is 6.00. The van der Waals surface area contributed by atoms with E-state index in [-0.39, 0.29) is 0 Å². The van der Waals surface area contributed by atoms with Crippen molar-refractivity contribution in [2.45, 2.75) is 26.5 Å². The SMILES string of the molecule is CNC(C)c1sc(-c2ccc(OCc3ccccc3)cc2)nc1C. The first-order valence-corrected chi connectivity index (χ1v) is 8.91. The Hall–Kier alpha value is -2.17. The number of aryl methyl sites for hydroxylation is 1. The van der Waals surface area contributed by atoms with Crippen LogP contribution >= 0.6 is 11.3 Å². The van der Waals surface area contributed by atoms with Gasteiger partial charge in [0, 0.05) is 16.5 Å². The first-order chi connectivity index (χ1) is 11.7. The fourth-order valence-electron chi connectivity index (χ4n) is 2.50. The number of nitrogens with one attached hydrogen (secondary N) is 1. The summed E-state index contributed by atoms with van der Waals surface area (Å²) in [6.07, 6.45) is 0. The summed E-state index contributed by atoms with van der Waals surface area (Å²) in [7, 11) is 1.97. The van der Waals surface area contributed by atoms with Crippen molar-refractivity contribution in [2.75, 3.05) is 7.05 Å². The van der Waals surface area contributed by atoms with Gasteiger partial charge in [-0.15, -0.1) is 11.3 Å². The Morgan fingerprint density at radius 2 is 1.79 bits per heavy atom. The van der Waals surface area contributed by atoms with E-state index in [1.54, 1.807) is 11.3 Å². The molecule has 124 valence electrons. The van der Waals surface area contributed by atoms with Gasteiger partial charge in [0.15, 0.2) is 0 Å². The third kappa shape index (κ3) is 3.83. The molecule has 0 aliphatic carbocycles. The number of nitrogens with zero attached hydrogens (tertiary/aromatic N) is 1. The van der Waals surface area contributed by atoms with Crippen LogP contribution in [0.3, 0.4) is 0 Å². The summed E-state index contributed by atoms with van der Waals surface area (Å²) >= 11 is 1.75. The zero-order valence-corrected chi connectivity index (χ0v) is 15.1. The number of benzene rings is 2. The minimum atomic E-state index is 0.324. The van der Waals surface area contributed by atoms with Gasteiger partial charge < -0.3 is 10.1 Å². The highest BCUT2D eigenvalue weighted by Gasteiger charge is 2.13. The molecular weight excluding hydrogens is 316 g/mol. The zero-order chi connectivity index (χ0) is 16.9. The second-order valence-electron chi connectivity index (χ2n) is 5.78. The largest absolute Gasteiger partial charge is 0.489 e. The molecule has 1 aromatic heterocycles. The predicted molar refractivity (Wildman–Crippen MR) is 101 cm³/mol. The van der Waals surface area contributed by atoms with E-state index in [0.29, 0.717) is 12.6 Å². The Kier molecular flexibility index (Phi) is 5.28. The van der Waals surface area contributed by atoms with E-state index < -0.39 is 0 Å². The minimum absolute atomic E-state index is 0.324. The molecule has 0 amide bonds. The summed E-state index contributed by atoms with van der Waals surface area (Å²) in [5.41, 5.74) is 3.40. The maximum atomic E-state index is 5.84. The van der Waals surface area contributed by atoms with Gasteiger partial charge in [-0.25, -0.2) is 4.98 Å². The maximum absolute atomic E-state index is 5.84. The fraction of sp³-hybridized carbons (Fsp3) is 0.250. The Morgan fingerprint density at radius 1 is 1.08 bits per heavy atom. The van der Waals surface area contributed by atoms with Crippen LogP contribution in [0.2, 0.25) is 0 Å². The van der Waals surface area contributed by atoms with Crippen molar-refractivity contribution in [3.63, 3.8) is 0 Å². The molecule has 0 radical (unpaired) electrons. The molecule has 0 aliphatic rings. The lowest BCUT2D eigenvalue weighted by atomic mass is 10.2. The van der Waals surface area contributed by atoms with Gasteiger partial charge >= 0.3 is 0 Å². The fourth-order valence-corrected chi connectivity index (χ4v) is 3.63. The molecule has 0 spiro atoms. The van der Waals surface area contributed by atoms with Crippen LogP contribution in [0.4, 0.5) is 0 Å². The second kappa shape index (κ2) is 7.60. The van der Waals surface area contributed by atoms with Gasteiger partial charge in [-0.05, 0) is 50.7 Å². The zero-order valence-electron chi connectivity index (χ0n) is 14.2. The number of thiazole rings is 1. The Balaban J connectivity index is 1.70. The average molecular weight is 338 g/mol. The molecule has 24 heavy (non-hydrogen) atoms. The summed E-state index contributed by atoms with van der Waals surface area (Å²) in [6, 6.07) is 18.7. The normalized spacial score (nSPS) is 12.1. The molecule has 1 unspecified atom stereocenters. The highest BCUT2D eigenvalue weighted by atomic mass is 32.1. The third-order valence-corrected chi connectivity index (χ3v) is 5.40. The molecular formula is C20H22N2OS. The van der Waals surface area contributed by atoms with Crippen molar-refractivity contribution in [2.24, 2.45) is 0 Å².